The Bertz CT molecular complexity index is 444. The fraction of sp³-hybridized carbons (Fsp3) is 0.636. The van der Waals surface area contributed by atoms with E-state index in [1.54, 1.807) is 6.07 Å². The maximum absolute atomic E-state index is 12.3. The molecule has 2 rings (SSSR count). The summed E-state index contributed by atoms with van der Waals surface area (Å²) >= 11 is 0. The molecular formula is C11H17F3N6. The average Bonchev–Trinajstić information content (AvgIpc) is 2.70. The van der Waals surface area contributed by atoms with Crippen LogP contribution in [0.25, 0.3) is 0 Å². The molecule has 0 aliphatic carbocycles. The van der Waals surface area contributed by atoms with Gasteiger partial charge in [0.15, 0.2) is 0 Å². The monoisotopic (exact) mass is 290 g/mol. The topological polar surface area (TPSA) is 93.1 Å². The normalized spacial score (nSPS) is 20.2. The fourth-order valence-electron chi connectivity index (χ4n) is 2.30. The van der Waals surface area contributed by atoms with Crippen molar-refractivity contribution in [3.63, 3.8) is 0 Å². The molecule has 2 heterocycles. The van der Waals surface area contributed by atoms with E-state index < -0.39 is 12.7 Å². The lowest BCUT2D eigenvalue weighted by Crippen LogP contribution is -2.33. The number of anilines is 3. The maximum atomic E-state index is 12.3. The molecule has 6 nitrogen and oxygen atoms in total. The number of alkyl halides is 3. The second-order valence-electron chi connectivity index (χ2n) is 4.92. The largest absolute Gasteiger partial charge is 0.401 e. The Morgan fingerprint density at radius 1 is 1.35 bits per heavy atom. The van der Waals surface area contributed by atoms with Crippen LogP contribution in [-0.4, -0.2) is 47.2 Å². The molecule has 0 spiro atoms. The Morgan fingerprint density at radius 2 is 2.10 bits per heavy atom. The van der Waals surface area contributed by atoms with E-state index in [0.29, 0.717) is 25.5 Å². The number of hydrogen-bond donors (Lipinski definition) is 3. The van der Waals surface area contributed by atoms with E-state index in [0.717, 1.165) is 6.42 Å². The van der Waals surface area contributed by atoms with E-state index in [4.69, 9.17) is 11.5 Å². The van der Waals surface area contributed by atoms with Gasteiger partial charge >= 0.3 is 6.18 Å². The number of hydrogen-bond acceptors (Lipinski definition) is 6. The van der Waals surface area contributed by atoms with E-state index in [9.17, 15) is 13.2 Å². The molecule has 0 radical (unpaired) electrons. The standard InChI is InChI=1S/C11H17F3N6/c12-11(13,14)6-20-2-1-7(5-20)4-17-9-3-8(15)18-10(16)19-9/h3,7H,1-2,4-6H2,(H5,15,16,17,18,19). The molecule has 1 fully saturated rings. The Kier molecular flexibility index (Phi) is 4.17. The number of nitrogen functional groups attached to an aromatic ring is 2. The molecule has 0 bridgehead atoms. The van der Waals surface area contributed by atoms with E-state index >= 15 is 0 Å². The van der Waals surface area contributed by atoms with Gasteiger partial charge in [0, 0.05) is 19.2 Å². The molecule has 1 aliphatic heterocycles. The van der Waals surface area contributed by atoms with Crippen molar-refractivity contribution in [3.05, 3.63) is 6.07 Å². The molecule has 0 aromatic carbocycles. The molecule has 1 saturated heterocycles. The number of likely N-dealkylation sites (tertiary alicyclic amines) is 1. The van der Waals surface area contributed by atoms with Crippen molar-refractivity contribution in [1.29, 1.82) is 0 Å². The van der Waals surface area contributed by atoms with Gasteiger partial charge in [-0.1, -0.05) is 0 Å². The highest BCUT2D eigenvalue weighted by molar-refractivity contribution is 5.48. The Morgan fingerprint density at radius 3 is 2.75 bits per heavy atom. The predicted octanol–water partition coefficient (Wildman–Crippen LogP) is 0.937. The third-order valence-corrected chi connectivity index (χ3v) is 3.11. The van der Waals surface area contributed by atoms with Crippen molar-refractivity contribution in [1.82, 2.24) is 14.9 Å². The lowest BCUT2D eigenvalue weighted by molar-refractivity contribution is -0.143. The van der Waals surface area contributed by atoms with Gasteiger partial charge in [-0.2, -0.15) is 23.1 Å². The van der Waals surface area contributed by atoms with Crippen LogP contribution >= 0.6 is 0 Å². The van der Waals surface area contributed by atoms with Gasteiger partial charge in [0.2, 0.25) is 5.95 Å². The average molecular weight is 290 g/mol. The second-order valence-corrected chi connectivity index (χ2v) is 4.92. The smallest absolute Gasteiger partial charge is 0.383 e. The number of halogens is 3. The van der Waals surface area contributed by atoms with Gasteiger partial charge in [-0.3, -0.25) is 4.90 Å². The molecule has 112 valence electrons. The number of rotatable bonds is 4. The van der Waals surface area contributed by atoms with Gasteiger partial charge in [-0.15, -0.1) is 0 Å². The van der Waals surface area contributed by atoms with Crippen LogP contribution in [0.3, 0.4) is 0 Å². The summed E-state index contributed by atoms with van der Waals surface area (Å²) in [5.74, 6) is 0.960. The summed E-state index contributed by atoms with van der Waals surface area (Å²) < 4.78 is 36.8. The molecule has 1 unspecified atom stereocenters. The van der Waals surface area contributed by atoms with Crippen molar-refractivity contribution in [3.8, 4) is 0 Å². The lowest BCUT2D eigenvalue weighted by Gasteiger charge is -2.18. The lowest BCUT2D eigenvalue weighted by atomic mass is 10.1. The summed E-state index contributed by atoms with van der Waals surface area (Å²) in [6.07, 6.45) is -3.42. The van der Waals surface area contributed by atoms with Crippen LogP contribution < -0.4 is 16.8 Å². The van der Waals surface area contributed by atoms with E-state index in [2.05, 4.69) is 15.3 Å². The summed E-state index contributed by atoms with van der Waals surface area (Å²) in [5, 5.41) is 3.03. The highest BCUT2D eigenvalue weighted by Gasteiger charge is 2.34. The van der Waals surface area contributed by atoms with Crippen molar-refractivity contribution in [2.45, 2.75) is 12.6 Å². The molecule has 0 amide bonds. The van der Waals surface area contributed by atoms with Crippen molar-refractivity contribution < 1.29 is 13.2 Å². The van der Waals surface area contributed by atoms with Crippen LogP contribution in [0.4, 0.5) is 30.8 Å². The van der Waals surface area contributed by atoms with Crippen molar-refractivity contribution in [2.24, 2.45) is 5.92 Å². The Balaban J connectivity index is 1.81. The number of nitrogens with two attached hydrogens (primary N) is 2. The SMILES string of the molecule is Nc1cc(NCC2CCN(CC(F)(F)F)C2)nc(N)n1. The summed E-state index contributed by atoms with van der Waals surface area (Å²) in [5.41, 5.74) is 11.0. The van der Waals surface area contributed by atoms with Gasteiger partial charge in [-0.25, -0.2) is 0 Å². The van der Waals surface area contributed by atoms with E-state index in [-0.39, 0.29) is 17.7 Å². The van der Waals surface area contributed by atoms with Gasteiger partial charge < -0.3 is 16.8 Å². The first-order chi connectivity index (χ1) is 9.32. The summed E-state index contributed by atoms with van der Waals surface area (Å²) in [4.78, 5) is 9.10. The quantitative estimate of drug-likeness (QED) is 0.764. The first kappa shape index (κ1) is 14.6. The minimum atomic E-state index is -4.14. The highest BCUT2D eigenvalue weighted by Crippen LogP contribution is 2.23. The zero-order valence-electron chi connectivity index (χ0n) is 10.8. The number of nitrogens with one attached hydrogen (secondary N) is 1. The minimum Gasteiger partial charge on any atom is -0.383 e. The van der Waals surface area contributed by atoms with Crippen LogP contribution in [0.5, 0.6) is 0 Å². The zero-order chi connectivity index (χ0) is 14.8. The molecule has 20 heavy (non-hydrogen) atoms. The van der Waals surface area contributed by atoms with Crippen LogP contribution in [-0.2, 0) is 0 Å². The zero-order valence-corrected chi connectivity index (χ0v) is 10.8. The van der Waals surface area contributed by atoms with Gasteiger partial charge in [-0.05, 0) is 18.9 Å². The van der Waals surface area contributed by atoms with E-state index in [1.165, 1.54) is 4.90 Å². The molecule has 1 aromatic rings. The second kappa shape index (κ2) is 5.70. The maximum Gasteiger partial charge on any atom is 0.401 e. The first-order valence-corrected chi connectivity index (χ1v) is 6.25. The Hall–Kier alpha value is -1.77. The molecular weight excluding hydrogens is 273 g/mol. The fourth-order valence-corrected chi connectivity index (χ4v) is 2.30. The number of aromatic nitrogens is 2. The van der Waals surface area contributed by atoms with Crippen LogP contribution in [0.2, 0.25) is 0 Å². The molecule has 1 aliphatic rings. The van der Waals surface area contributed by atoms with Crippen molar-refractivity contribution in [2.75, 3.05) is 43.0 Å². The Labute approximate surface area is 114 Å². The van der Waals surface area contributed by atoms with Crippen LogP contribution in [0, 0.1) is 5.92 Å². The van der Waals surface area contributed by atoms with E-state index in [1.807, 2.05) is 0 Å². The van der Waals surface area contributed by atoms with Crippen LogP contribution in [0.1, 0.15) is 6.42 Å². The summed E-state index contributed by atoms with van der Waals surface area (Å²) in [6, 6.07) is 1.54. The van der Waals surface area contributed by atoms with Crippen molar-refractivity contribution >= 4 is 17.6 Å². The van der Waals surface area contributed by atoms with Gasteiger partial charge in [0.1, 0.15) is 11.6 Å². The molecule has 9 heteroatoms. The predicted molar refractivity (Wildman–Crippen MR) is 69.9 cm³/mol. The molecule has 1 atom stereocenters. The molecule has 5 N–H and O–H groups in total. The third-order valence-electron chi connectivity index (χ3n) is 3.11. The highest BCUT2D eigenvalue weighted by atomic mass is 19.4. The third kappa shape index (κ3) is 4.41. The molecule has 0 saturated carbocycles. The summed E-state index contributed by atoms with van der Waals surface area (Å²) in [7, 11) is 0. The molecule has 1 aromatic heterocycles. The first-order valence-electron chi connectivity index (χ1n) is 6.25. The van der Waals surface area contributed by atoms with Crippen LogP contribution in [0.15, 0.2) is 6.07 Å². The van der Waals surface area contributed by atoms with Gasteiger partial charge in [0.05, 0.1) is 6.54 Å². The number of nitrogens with zero attached hydrogens (tertiary/aromatic N) is 3. The summed E-state index contributed by atoms with van der Waals surface area (Å²) in [6.45, 7) is 0.559. The van der Waals surface area contributed by atoms with Gasteiger partial charge in [0.25, 0.3) is 0 Å². The minimum absolute atomic E-state index is 0.0672.